The Balaban J connectivity index is 2.50. The normalized spacial score (nSPS) is 14.7. The van der Waals surface area contributed by atoms with Gasteiger partial charge in [-0.25, -0.2) is 0 Å². The van der Waals surface area contributed by atoms with Gasteiger partial charge in [0.2, 0.25) is 0 Å². The molecule has 0 fully saturated rings. The maximum Gasteiger partial charge on any atom is 0.0488 e. The molecule has 0 radical (unpaired) electrons. The van der Waals surface area contributed by atoms with Crippen molar-refractivity contribution in [3.05, 3.63) is 21.9 Å². The van der Waals surface area contributed by atoms with Gasteiger partial charge in [0.25, 0.3) is 0 Å². The Morgan fingerprint density at radius 3 is 2.56 bits per heavy atom. The van der Waals surface area contributed by atoms with E-state index in [2.05, 4.69) is 38.2 Å². The lowest BCUT2D eigenvalue weighted by Crippen LogP contribution is -2.33. The van der Waals surface area contributed by atoms with Crippen LogP contribution in [0.25, 0.3) is 0 Å². The van der Waals surface area contributed by atoms with Crippen molar-refractivity contribution >= 4 is 11.3 Å². The molecule has 1 N–H and O–H groups in total. The van der Waals surface area contributed by atoms with E-state index in [4.69, 9.17) is 4.74 Å². The van der Waals surface area contributed by atoms with E-state index in [9.17, 15) is 0 Å². The largest absolute Gasteiger partial charge is 0.384 e. The Labute approximate surface area is 116 Å². The molecule has 1 aromatic heterocycles. The lowest BCUT2D eigenvalue weighted by atomic mass is 9.99. The predicted molar refractivity (Wildman–Crippen MR) is 80.5 cm³/mol. The first-order chi connectivity index (χ1) is 8.69. The quantitative estimate of drug-likeness (QED) is 0.741. The molecule has 2 nitrogen and oxygen atoms in total. The number of likely N-dealkylation sites (N-methyl/N-ethyl adjacent to an activating group) is 1. The number of aryl methyl sites for hydroxylation is 1. The van der Waals surface area contributed by atoms with Gasteiger partial charge in [0, 0.05) is 29.5 Å². The summed E-state index contributed by atoms with van der Waals surface area (Å²) in [5.41, 5.74) is 0. The molecule has 18 heavy (non-hydrogen) atoms. The molecule has 0 aliphatic carbocycles. The summed E-state index contributed by atoms with van der Waals surface area (Å²) < 4.78 is 5.23. The topological polar surface area (TPSA) is 21.3 Å². The van der Waals surface area contributed by atoms with E-state index in [1.54, 1.807) is 7.11 Å². The molecule has 1 rings (SSSR count). The van der Waals surface area contributed by atoms with Gasteiger partial charge in [0.15, 0.2) is 0 Å². The minimum absolute atomic E-state index is 0.573. The van der Waals surface area contributed by atoms with Gasteiger partial charge < -0.3 is 10.1 Å². The summed E-state index contributed by atoms with van der Waals surface area (Å²) in [7, 11) is 1.78. The first-order valence-electron chi connectivity index (χ1n) is 6.99. The fraction of sp³-hybridized carbons (Fsp3) is 0.733. The van der Waals surface area contributed by atoms with Crippen molar-refractivity contribution in [2.45, 2.75) is 46.1 Å². The van der Waals surface area contributed by atoms with E-state index in [-0.39, 0.29) is 0 Å². The number of ether oxygens (including phenoxy) is 1. The second kappa shape index (κ2) is 8.68. The van der Waals surface area contributed by atoms with Crippen LogP contribution < -0.4 is 5.32 Å². The Bertz CT molecular complexity index is 324. The third-order valence-electron chi connectivity index (χ3n) is 3.14. The van der Waals surface area contributed by atoms with Crippen molar-refractivity contribution in [3.63, 3.8) is 0 Å². The Morgan fingerprint density at radius 1 is 1.28 bits per heavy atom. The molecule has 2 unspecified atom stereocenters. The number of thiophene rings is 1. The minimum Gasteiger partial charge on any atom is -0.384 e. The standard InChI is InChI=1S/C15H27NOS/c1-5-14-7-8-15(18-14)10-13(16-6-2)9-12(3)11-17-4/h7-8,12-13,16H,5-6,9-11H2,1-4H3. The highest BCUT2D eigenvalue weighted by Crippen LogP contribution is 2.20. The van der Waals surface area contributed by atoms with E-state index in [0.717, 1.165) is 26.0 Å². The summed E-state index contributed by atoms with van der Waals surface area (Å²) >= 11 is 1.96. The highest BCUT2D eigenvalue weighted by molar-refractivity contribution is 7.11. The van der Waals surface area contributed by atoms with Gasteiger partial charge in [-0.2, -0.15) is 0 Å². The summed E-state index contributed by atoms with van der Waals surface area (Å²) in [5.74, 6) is 0.615. The number of rotatable bonds is 9. The summed E-state index contributed by atoms with van der Waals surface area (Å²) in [4.78, 5) is 2.99. The summed E-state index contributed by atoms with van der Waals surface area (Å²) in [6.07, 6.45) is 3.48. The van der Waals surface area contributed by atoms with Crippen molar-refractivity contribution in [1.82, 2.24) is 5.32 Å². The smallest absolute Gasteiger partial charge is 0.0488 e. The lowest BCUT2D eigenvalue weighted by Gasteiger charge is -2.21. The number of hydrogen-bond donors (Lipinski definition) is 1. The second-order valence-electron chi connectivity index (χ2n) is 4.98. The third-order valence-corrected chi connectivity index (χ3v) is 4.40. The monoisotopic (exact) mass is 269 g/mol. The van der Waals surface area contributed by atoms with Crippen molar-refractivity contribution < 1.29 is 4.74 Å². The van der Waals surface area contributed by atoms with Gasteiger partial charge >= 0.3 is 0 Å². The van der Waals surface area contributed by atoms with Crippen LogP contribution in [0.15, 0.2) is 12.1 Å². The minimum atomic E-state index is 0.573. The lowest BCUT2D eigenvalue weighted by molar-refractivity contribution is 0.149. The van der Waals surface area contributed by atoms with Crippen LogP contribution >= 0.6 is 11.3 Å². The van der Waals surface area contributed by atoms with Crippen LogP contribution in [0.5, 0.6) is 0 Å². The van der Waals surface area contributed by atoms with Gasteiger partial charge in [-0.1, -0.05) is 20.8 Å². The first kappa shape index (κ1) is 15.7. The SMILES string of the molecule is CCNC(Cc1ccc(CC)s1)CC(C)COC. The molecule has 0 aromatic carbocycles. The van der Waals surface area contributed by atoms with Crippen LogP contribution in [0.4, 0.5) is 0 Å². The van der Waals surface area contributed by atoms with Crippen molar-refractivity contribution in [1.29, 1.82) is 0 Å². The first-order valence-corrected chi connectivity index (χ1v) is 7.81. The summed E-state index contributed by atoms with van der Waals surface area (Å²) in [5, 5.41) is 3.60. The van der Waals surface area contributed by atoms with Crippen molar-refractivity contribution in [2.75, 3.05) is 20.3 Å². The van der Waals surface area contributed by atoms with Crippen molar-refractivity contribution in [3.8, 4) is 0 Å². The fourth-order valence-electron chi connectivity index (χ4n) is 2.33. The zero-order valence-electron chi connectivity index (χ0n) is 12.2. The average Bonchev–Trinajstić information content (AvgIpc) is 2.77. The van der Waals surface area contributed by atoms with Gasteiger partial charge in [0.05, 0.1) is 0 Å². The van der Waals surface area contributed by atoms with E-state index in [1.807, 2.05) is 11.3 Å². The van der Waals surface area contributed by atoms with E-state index in [0.29, 0.717) is 12.0 Å². The Kier molecular flexibility index (Phi) is 7.56. The molecule has 0 aliphatic heterocycles. The molecule has 1 heterocycles. The van der Waals surface area contributed by atoms with Crippen LogP contribution in [-0.4, -0.2) is 26.3 Å². The van der Waals surface area contributed by atoms with Gasteiger partial charge in [-0.3, -0.25) is 0 Å². The summed E-state index contributed by atoms with van der Waals surface area (Å²) in [6, 6.07) is 5.12. The van der Waals surface area contributed by atoms with Crippen LogP contribution in [0.1, 0.15) is 36.9 Å². The molecule has 0 aliphatic rings. The van der Waals surface area contributed by atoms with Gasteiger partial charge in [-0.15, -0.1) is 11.3 Å². The molecule has 0 bridgehead atoms. The summed E-state index contributed by atoms with van der Waals surface area (Å²) in [6.45, 7) is 8.56. The third kappa shape index (κ3) is 5.51. The van der Waals surface area contributed by atoms with Gasteiger partial charge in [-0.05, 0) is 43.9 Å². The van der Waals surface area contributed by atoms with Crippen LogP contribution in [0.2, 0.25) is 0 Å². The molecule has 2 atom stereocenters. The number of hydrogen-bond acceptors (Lipinski definition) is 3. The van der Waals surface area contributed by atoms with E-state index in [1.165, 1.54) is 16.2 Å². The Hall–Kier alpha value is -0.380. The maximum atomic E-state index is 5.23. The molecular weight excluding hydrogens is 242 g/mol. The fourth-order valence-corrected chi connectivity index (χ4v) is 3.37. The Morgan fingerprint density at radius 2 is 2.00 bits per heavy atom. The maximum absolute atomic E-state index is 5.23. The zero-order chi connectivity index (χ0) is 13.4. The molecule has 0 saturated carbocycles. The molecule has 0 saturated heterocycles. The second-order valence-corrected chi connectivity index (χ2v) is 6.23. The average molecular weight is 269 g/mol. The molecule has 0 spiro atoms. The van der Waals surface area contributed by atoms with Crippen LogP contribution in [-0.2, 0) is 17.6 Å². The molecule has 3 heteroatoms. The molecule has 1 aromatic rings. The van der Waals surface area contributed by atoms with E-state index >= 15 is 0 Å². The molecular formula is C15H27NOS. The number of methoxy groups -OCH3 is 1. The van der Waals surface area contributed by atoms with Crippen molar-refractivity contribution in [2.24, 2.45) is 5.92 Å². The van der Waals surface area contributed by atoms with E-state index < -0.39 is 0 Å². The van der Waals surface area contributed by atoms with Crippen LogP contribution in [0.3, 0.4) is 0 Å². The van der Waals surface area contributed by atoms with Crippen LogP contribution in [0, 0.1) is 5.92 Å². The zero-order valence-corrected chi connectivity index (χ0v) is 13.0. The molecule has 104 valence electrons. The predicted octanol–water partition coefficient (Wildman–Crippen LogP) is 3.50. The highest BCUT2D eigenvalue weighted by atomic mass is 32.1. The number of nitrogens with one attached hydrogen (secondary N) is 1. The molecule has 0 amide bonds. The van der Waals surface area contributed by atoms with Gasteiger partial charge in [0.1, 0.15) is 0 Å². The highest BCUT2D eigenvalue weighted by Gasteiger charge is 2.14.